The molecular weight excluding hydrogens is 208 g/mol. The van der Waals surface area contributed by atoms with E-state index in [0.29, 0.717) is 0 Å². The third kappa shape index (κ3) is 2.48. The third-order valence-electron chi connectivity index (χ3n) is 2.15. The summed E-state index contributed by atoms with van der Waals surface area (Å²) < 4.78 is 4.78. The maximum Gasteiger partial charge on any atom is 0.199 e. The van der Waals surface area contributed by atoms with E-state index in [-0.39, 0.29) is 0 Å². The van der Waals surface area contributed by atoms with E-state index in [0.717, 1.165) is 0 Å². The number of nitrogens with zero attached hydrogens (tertiary/aromatic N) is 3. The van der Waals surface area contributed by atoms with Crippen LogP contribution >= 0.6 is 0 Å². The van der Waals surface area contributed by atoms with Crippen LogP contribution in [0, 0.1) is 0 Å². The molecule has 1 heterocycles. The Labute approximate surface area is 84.5 Å². The van der Waals surface area contributed by atoms with Crippen LogP contribution in [0.1, 0.15) is 0 Å². The predicted octanol–water partition coefficient (Wildman–Crippen LogP) is -2.40. The summed E-state index contributed by atoms with van der Waals surface area (Å²) in [6, 6.07) is -1.14. The van der Waals surface area contributed by atoms with E-state index >= 15 is 0 Å². The minimum Gasteiger partial charge on any atom is -0.394 e. The van der Waals surface area contributed by atoms with Gasteiger partial charge in [0.25, 0.3) is 0 Å². The van der Waals surface area contributed by atoms with Crippen molar-refractivity contribution in [2.75, 3.05) is 6.61 Å². The molecule has 1 rings (SSSR count). The first kappa shape index (κ1) is 12.0. The molecule has 0 aromatic rings. The van der Waals surface area contributed by atoms with Crippen LogP contribution in [0.2, 0.25) is 0 Å². The molecule has 5 N–H and O–H groups in total. The zero-order valence-corrected chi connectivity index (χ0v) is 7.63. The van der Waals surface area contributed by atoms with Crippen molar-refractivity contribution in [2.24, 2.45) is 5.22 Å². The van der Waals surface area contributed by atoms with Crippen molar-refractivity contribution in [3.8, 4) is 0 Å². The van der Waals surface area contributed by atoms with E-state index in [1.54, 1.807) is 0 Å². The highest BCUT2D eigenvalue weighted by Crippen LogP contribution is 2.19. The van der Waals surface area contributed by atoms with Crippen LogP contribution in [0.15, 0.2) is 5.22 Å². The molecule has 0 aliphatic carbocycles. The average Bonchev–Trinajstić information content (AvgIpc) is 2.23. The maximum atomic E-state index is 9.49. The molecule has 1 aliphatic heterocycles. The molecule has 0 bridgehead atoms. The number of hydrogen-bond donors (Lipinski definition) is 5. The Morgan fingerprint density at radius 2 is 2.00 bits per heavy atom. The highest BCUT2D eigenvalue weighted by atomic mass is 16.6. The van der Waals surface area contributed by atoms with Gasteiger partial charge in [-0.25, -0.2) is 0 Å². The van der Waals surface area contributed by atoms with Crippen LogP contribution in [0.4, 0.5) is 0 Å². The Hall–Kier alpha value is -1.09. The molecule has 0 aromatic heterocycles. The van der Waals surface area contributed by atoms with Gasteiger partial charge in [0.2, 0.25) is 0 Å². The number of aliphatic hydroxyl groups excluding tert-OH is 4. The van der Waals surface area contributed by atoms with Crippen molar-refractivity contribution in [3.63, 3.8) is 0 Å². The Morgan fingerprint density at radius 1 is 1.33 bits per heavy atom. The monoisotopic (exact) mass is 220 g/mol. The van der Waals surface area contributed by atoms with Crippen LogP contribution in [0.3, 0.4) is 0 Å². The van der Waals surface area contributed by atoms with E-state index < -0.39 is 37.3 Å². The lowest BCUT2D eigenvalue weighted by atomic mass is 9.98. The first-order valence-electron chi connectivity index (χ1n) is 4.22. The Kier molecular flexibility index (Phi) is 4.09. The molecule has 1 saturated heterocycles. The zero-order valence-electron chi connectivity index (χ0n) is 7.63. The lowest BCUT2D eigenvalue weighted by Crippen LogP contribution is -2.62. The second-order valence-electron chi connectivity index (χ2n) is 3.07. The van der Waals surface area contributed by atoms with Gasteiger partial charge in [0.15, 0.2) is 12.3 Å². The quantitative estimate of drug-likeness (QED) is 0.155. The minimum absolute atomic E-state index is 0.538. The first-order chi connectivity index (χ1) is 7.11. The van der Waals surface area contributed by atoms with Crippen molar-refractivity contribution in [3.05, 3.63) is 10.4 Å². The topological polar surface area (TPSA) is 151 Å². The van der Waals surface area contributed by atoms with Crippen LogP contribution in [0.25, 0.3) is 10.4 Å². The molecule has 1 unspecified atom stereocenters. The predicted molar refractivity (Wildman–Crippen MR) is 46.0 cm³/mol. The summed E-state index contributed by atoms with van der Waals surface area (Å²) in [5.74, 6) is 0. The van der Waals surface area contributed by atoms with Gasteiger partial charge in [-0.1, -0.05) is 0 Å². The van der Waals surface area contributed by atoms with Crippen molar-refractivity contribution < 1.29 is 25.2 Å². The lowest BCUT2D eigenvalue weighted by molar-refractivity contribution is -0.254. The fraction of sp³-hybridized carbons (Fsp3) is 1.00. The van der Waals surface area contributed by atoms with Gasteiger partial charge in [0, 0.05) is 0 Å². The van der Waals surface area contributed by atoms with Gasteiger partial charge in [0.05, 0.1) is 6.61 Å². The molecule has 1 aliphatic rings. The second kappa shape index (κ2) is 5.12. The molecule has 0 spiro atoms. The van der Waals surface area contributed by atoms with Gasteiger partial charge in [0.1, 0.15) is 18.3 Å². The first-order valence-corrected chi connectivity index (χ1v) is 4.22. The van der Waals surface area contributed by atoms with Gasteiger partial charge in [-0.2, -0.15) is 4.91 Å². The largest absolute Gasteiger partial charge is 0.394 e. The Balaban J connectivity index is 2.69. The smallest absolute Gasteiger partial charge is 0.199 e. The zero-order chi connectivity index (χ0) is 11.4. The number of nitrogens with one attached hydrogen (secondary N) is 1. The number of ether oxygens (including phenoxy) is 1. The highest BCUT2D eigenvalue weighted by molar-refractivity contribution is 4.91. The van der Waals surface area contributed by atoms with Crippen molar-refractivity contribution >= 4 is 0 Å². The van der Waals surface area contributed by atoms with Crippen LogP contribution in [-0.4, -0.2) is 57.7 Å². The molecule has 86 valence electrons. The molecule has 0 aromatic carbocycles. The third-order valence-corrected chi connectivity index (χ3v) is 2.15. The highest BCUT2D eigenvalue weighted by Gasteiger charge is 2.45. The minimum atomic E-state index is -1.48. The van der Waals surface area contributed by atoms with Crippen molar-refractivity contribution in [1.29, 1.82) is 0 Å². The van der Waals surface area contributed by atoms with E-state index in [1.165, 1.54) is 0 Å². The van der Waals surface area contributed by atoms with Gasteiger partial charge in [-0.15, -0.1) is 5.53 Å². The van der Waals surface area contributed by atoms with Crippen molar-refractivity contribution in [1.82, 2.24) is 5.43 Å². The number of aliphatic hydroxyl groups is 4. The fourth-order valence-corrected chi connectivity index (χ4v) is 1.33. The van der Waals surface area contributed by atoms with E-state index in [2.05, 4.69) is 15.6 Å². The molecule has 9 heteroatoms. The molecular formula is C6H12N4O5. The van der Waals surface area contributed by atoms with Crippen LogP contribution in [0.5, 0.6) is 0 Å². The summed E-state index contributed by atoms with van der Waals surface area (Å²) in [5.41, 5.74) is 10.1. The second-order valence-corrected chi connectivity index (χ2v) is 3.07. The van der Waals surface area contributed by atoms with Gasteiger partial charge in [-0.3, -0.25) is 5.43 Å². The number of azide groups is 1. The van der Waals surface area contributed by atoms with Gasteiger partial charge in [-0.05, 0) is 5.22 Å². The van der Waals surface area contributed by atoms with E-state index in [4.69, 9.17) is 15.4 Å². The van der Waals surface area contributed by atoms with Crippen molar-refractivity contribution in [2.45, 2.75) is 30.6 Å². The lowest BCUT2D eigenvalue weighted by Gasteiger charge is -2.37. The SMILES string of the molecule is [N-]=[N+]=NN[C@H]1C(O)O[C@H](CO)[C@@H](O)[C@@H]1O. The van der Waals surface area contributed by atoms with Crippen LogP contribution < -0.4 is 5.43 Å². The fourth-order valence-electron chi connectivity index (χ4n) is 1.33. The van der Waals surface area contributed by atoms with Gasteiger partial charge < -0.3 is 25.2 Å². The Morgan fingerprint density at radius 3 is 2.53 bits per heavy atom. The van der Waals surface area contributed by atoms with Crippen LogP contribution in [-0.2, 0) is 4.74 Å². The molecule has 9 nitrogen and oxygen atoms in total. The van der Waals surface area contributed by atoms with E-state index in [1.807, 2.05) is 0 Å². The summed E-state index contributed by atoms with van der Waals surface area (Å²) in [7, 11) is 0. The molecule has 5 atom stereocenters. The summed E-state index contributed by atoms with van der Waals surface area (Å²) in [6.45, 7) is -0.538. The summed E-state index contributed by atoms with van der Waals surface area (Å²) in [5, 5.41) is 39.9. The maximum absolute atomic E-state index is 9.49. The van der Waals surface area contributed by atoms with Gasteiger partial charge >= 0.3 is 0 Å². The summed E-state index contributed by atoms with van der Waals surface area (Å²) >= 11 is 0. The standard InChI is InChI=1S/C6H12N4O5/c7-9-10-8-3-5(13)4(12)2(1-11)15-6(3)14/h2-6,8,11-14H,1H2/t2-,3-,4-,5-,6?/m1/s1. The molecule has 15 heavy (non-hydrogen) atoms. The Bertz CT molecular complexity index is 258. The average molecular weight is 220 g/mol. The molecule has 0 amide bonds. The number of rotatable bonds is 3. The molecule has 0 saturated carbocycles. The molecule has 1 fully saturated rings. The summed E-state index contributed by atoms with van der Waals surface area (Å²) in [6.07, 6.45) is -5.33. The number of hydrogen-bond acceptors (Lipinski definition) is 6. The normalized spacial score (nSPS) is 40.7. The summed E-state index contributed by atoms with van der Waals surface area (Å²) in [4.78, 5) is 2.37. The molecule has 0 radical (unpaired) electrons. The van der Waals surface area contributed by atoms with E-state index in [9.17, 15) is 15.3 Å².